The Kier molecular flexibility index (Phi) is 5.19. The van der Waals surface area contributed by atoms with Crippen molar-refractivity contribution >= 4 is 45.5 Å². The van der Waals surface area contributed by atoms with Crippen molar-refractivity contribution < 1.29 is 4.79 Å². The lowest BCUT2D eigenvalue weighted by molar-refractivity contribution is -0.130. The van der Waals surface area contributed by atoms with Gasteiger partial charge in [-0.2, -0.15) is 16.4 Å². The van der Waals surface area contributed by atoms with E-state index in [2.05, 4.69) is 5.10 Å². The highest BCUT2D eigenvalue weighted by molar-refractivity contribution is 7.08. The number of benzene rings is 2. The molecule has 1 aliphatic heterocycles. The normalized spacial score (nSPS) is 15.9. The number of amides is 1. The largest absolute Gasteiger partial charge is 0.311 e. The first kappa shape index (κ1) is 20.7. The van der Waals surface area contributed by atoms with Crippen molar-refractivity contribution in [2.75, 3.05) is 0 Å². The van der Waals surface area contributed by atoms with Crippen molar-refractivity contribution in [1.82, 2.24) is 9.58 Å². The Morgan fingerprint density at radius 1 is 1.12 bits per heavy atom. The molecule has 0 saturated carbocycles. The van der Waals surface area contributed by atoms with Gasteiger partial charge in [0.05, 0.1) is 22.8 Å². The molecule has 1 aliphatic rings. The second kappa shape index (κ2) is 8.04. The topological polar surface area (TPSA) is 54.7 Å². The molecule has 32 heavy (non-hydrogen) atoms. The van der Waals surface area contributed by atoms with Gasteiger partial charge in [-0.25, -0.2) is 5.01 Å². The fourth-order valence-electron chi connectivity index (χ4n) is 4.37. The summed E-state index contributed by atoms with van der Waals surface area (Å²) in [6.07, 6.45) is 0.470. The first-order valence-electron chi connectivity index (χ1n) is 10.2. The highest BCUT2D eigenvalue weighted by atomic mass is 35.5. The third kappa shape index (κ3) is 3.36. The van der Waals surface area contributed by atoms with Crippen LogP contribution in [-0.4, -0.2) is 21.2 Å². The van der Waals surface area contributed by atoms with E-state index in [1.807, 2.05) is 59.3 Å². The quantitative estimate of drug-likeness (QED) is 0.397. The Morgan fingerprint density at radius 2 is 1.91 bits per heavy atom. The number of aromatic nitrogens is 1. The highest BCUT2D eigenvalue weighted by Gasteiger charge is 2.34. The van der Waals surface area contributed by atoms with Crippen molar-refractivity contribution in [3.63, 3.8) is 0 Å². The van der Waals surface area contributed by atoms with Crippen LogP contribution in [0.4, 0.5) is 0 Å². The van der Waals surface area contributed by atoms with Gasteiger partial charge in [0.25, 0.3) is 5.56 Å². The number of carbonyl (C=O) groups is 1. The van der Waals surface area contributed by atoms with E-state index in [0.717, 1.165) is 27.6 Å². The van der Waals surface area contributed by atoms with Crippen LogP contribution in [0.3, 0.4) is 0 Å². The molecule has 0 N–H and O–H groups in total. The van der Waals surface area contributed by atoms with Crippen molar-refractivity contribution in [3.05, 3.63) is 91.9 Å². The fraction of sp³-hybridized carbons (Fsp3) is 0.160. The van der Waals surface area contributed by atoms with E-state index in [0.29, 0.717) is 22.7 Å². The molecule has 3 heterocycles. The van der Waals surface area contributed by atoms with Crippen LogP contribution < -0.4 is 5.56 Å². The van der Waals surface area contributed by atoms with E-state index in [9.17, 15) is 9.59 Å². The summed E-state index contributed by atoms with van der Waals surface area (Å²) in [6.45, 7) is 1.50. The molecule has 4 aromatic rings. The maximum atomic E-state index is 13.7. The van der Waals surface area contributed by atoms with Gasteiger partial charge in [-0.05, 0) is 46.2 Å². The van der Waals surface area contributed by atoms with Gasteiger partial charge in [0.1, 0.15) is 0 Å². The van der Waals surface area contributed by atoms with Crippen LogP contribution >= 0.6 is 22.9 Å². The average Bonchev–Trinajstić information content (AvgIpc) is 3.46. The number of halogens is 1. The predicted octanol–water partition coefficient (Wildman–Crippen LogP) is 5.62. The second-order valence-corrected chi connectivity index (χ2v) is 9.05. The lowest BCUT2D eigenvalue weighted by Crippen LogP contribution is -2.26. The number of thiophene rings is 1. The Bertz CT molecular complexity index is 1430. The summed E-state index contributed by atoms with van der Waals surface area (Å²) in [5.74, 6) is -0.155. The molecule has 2 aromatic heterocycles. The summed E-state index contributed by atoms with van der Waals surface area (Å²) in [4.78, 5) is 26.1. The van der Waals surface area contributed by atoms with Crippen LogP contribution in [0.15, 0.2) is 75.3 Å². The molecule has 0 spiro atoms. The van der Waals surface area contributed by atoms with E-state index in [-0.39, 0.29) is 17.5 Å². The number of hydrazone groups is 1. The minimum Gasteiger partial charge on any atom is -0.311 e. The molecular formula is C25H20ClN3O2S. The smallest absolute Gasteiger partial charge is 0.260 e. The van der Waals surface area contributed by atoms with Crippen molar-refractivity contribution in [3.8, 4) is 11.1 Å². The van der Waals surface area contributed by atoms with Crippen molar-refractivity contribution in [2.24, 2.45) is 12.1 Å². The molecule has 7 heteroatoms. The molecule has 0 aliphatic carbocycles. The molecule has 0 radical (unpaired) electrons. The molecule has 0 saturated heterocycles. The maximum absolute atomic E-state index is 13.7. The van der Waals surface area contributed by atoms with Crippen molar-refractivity contribution in [2.45, 2.75) is 19.4 Å². The Morgan fingerprint density at radius 3 is 2.59 bits per heavy atom. The standard InChI is InChI=1S/C25H20ClN3O2S/c1-15(30)29-22(17-10-11-32-14-17)13-20(27-29)24-23(16-6-4-3-5-7-16)19-12-18(26)8-9-21(19)28(2)25(24)31/h3-12,14,22H,13H2,1-2H3/t22-/m1/s1. The van der Waals surface area contributed by atoms with Crippen molar-refractivity contribution in [1.29, 1.82) is 0 Å². The molecule has 5 nitrogen and oxygen atoms in total. The number of nitrogens with zero attached hydrogens (tertiary/aromatic N) is 3. The van der Waals surface area contributed by atoms with Crippen LogP contribution in [0.25, 0.3) is 22.0 Å². The van der Waals surface area contributed by atoms with Crippen LogP contribution in [0.1, 0.15) is 30.5 Å². The maximum Gasteiger partial charge on any atom is 0.260 e. The minimum absolute atomic E-state index is 0.146. The Labute approximate surface area is 194 Å². The summed E-state index contributed by atoms with van der Waals surface area (Å²) >= 11 is 7.95. The van der Waals surface area contributed by atoms with E-state index < -0.39 is 0 Å². The predicted molar refractivity (Wildman–Crippen MR) is 130 cm³/mol. The molecule has 5 rings (SSSR count). The van der Waals surface area contributed by atoms with E-state index in [4.69, 9.17) is 11.6 Å². The highest BCUT2D eigenvalue weighted by Crippen LogP contribution is 2.38. The summed E-state index contributed by atoms with van der Waals surface area (Å²) in [5, 5.41) is 11.6. The number of aryl methyl sites for hydroxylation is 1. The zero-order valence-corrected chi connectivity index (χ0v) is 19.2. The van der Waals surface area contributed by atoms with Gasteiger partial charge in [-0.3, -0.25) is 9.59 Å². The van der Waals surface area contributed by atoms with Gasteiger partial charge in [-0.15, -0.1) is 0 Å². The Balaban J connectivity index is 1.81. The monoisotopic (exact) mass is 461 g/mol. The zero-order chi connectivity index (χ0) is 22.4. The molecule has 160 valence electrons. The average molecular weight is 462 g/mol. The molecular weight excluding hydrogens is 442 g/mol. The lowest BCUT2D eigenvalue weighted by atomic mass is 9.91. The van der Waals surface area contributed by atoms with Gasteiger partial charge in [0.2, 0.25) is 5.91 Å². The van der Waals surface area contributed by atoms with Gasteiger partial charge in [-0.1, -0.05) is 41.9 Å². The summed E-state index contributed by atoms with van der Waals surface area (Å²) in [5.41, 5.74) is 4.48. The number of rotatable bonds is 3. The van der Waals surface area contributed by atoms with E-state index >= 15 is 0 Å². The first-order valence-corrected chi connectivity index (χ1v) is 11.5. The summed E-state index contributed by atoms with van der Waals surface area (Å²) in [6, 6.07) is 17.1. The number of fused-ring (bicyclic) bond motifs is 1. The van der Waals surface area contributed by atoms with Crippen LogP contribution in [-0.2, 0) is 11.8 Å². The summed E-state index contributed by atoms with van der Waals surface area (Å²) < 4.78 is 1.63. The molecule has 2 aromatic carbocycles. The lowest BCUT2D eigenvalue weighted by Gasteiger charge is -2.19. The van der Waals surface area contributed by atoms with E-state index in [1.54, 1.807) is 29.0 Å². The molecule has 1 atom stereocenters. The third-order valence-electron chi connectivity index (χ3n) is 5.87. The zero-order valence-electron chi connectivity index (χ0n) is 17.6. The third-order valence-corrected chi connectivity index (χ3v) is 6.81. The van der Waals surface area contributed by atoms with Crippen LogP contribution in [0, 0.1) is 0 Å². The second-order valence-electron chi connectivity index (χ2n) is 7.83. The minimum atomic E-state index is -0.225. The van der Waals surface area contributed by atoms with Crippen LogP contribution in [0.5, 0.6) is 0 Å². The van der Waals surface area contributed by atoms with Crippen LogP contribution in [0.2, 0.25) is 5.02 Å². The molecule has 0 unspecified atom stereocenters. The SMILES string of the molecule is CC(=O)N1N=C(c2c(-c3ccccc3)c3cc(Cl)ccc3n(C)c2=O)C[C@@H]1c1ccsc1. The van der Waals surface area contributed by atoms with Gasteiger partial charge in [0, 0.05) is 36.4 Å². The molecule has 0 bridgehead atoms. The fourth-order valence-corrected chi connectivity index (χ4v) is 5.25. The molecule has 1 amide bonds. The number of hydrogen-bond donors (Lipinski definition) is 0. The Hall–Kier alpha value is -3.22. The van der Waals surface area contributed by atoms with Gasteiger partial charge < -0.3 is 4.57 Å². The van der Waals surface area contributed by atoms with E-state index in [1.165, 1.54) is 11.9 Å². The number of carbonyl (C=O) groups excluding carboxylic acids is 1. The number of pyridine rings is 1. The summed E-state index contributed by atoms with van der Waals surface area (Å²) in [7, 11) is 1.76. The van der Waals surface area contributed by atoms with Gasteiger partial charge >= 0.3 is 0 Å². The first-order chi connectivity index (χ1) is 15.5. The molecule has 0 fully saturated rings. The van der Waals surface area contributed by atoms with Gasteiger partial charge in [0.15, 0.2) is 0 Å². The number of hydrogen-bond acceptors (Lipinski definition) is 4.